The first kappa shape index (κ1) is 20.6. The summed E-state index contributed by atoms with van der Waals surface area (Å²) in [5.74, 6) is -0.395. The number of pyridine rings is 1. The molecule has 0 spiro atoms. The Morgan fingerprint density at radius 1 is 1.21 bits per heavy atom. The van der Waals surface area contributed by atoms with Crippen molar-refractivity contribution in [2.75, 3.05) is 13.1 Å². The Morgan fingerprint density at radius 2 is 1.93 bits per heavy atom. The topological polar surface area (TPSA) is 85.5 Å². The Hall–Kier alpha value is -3.10. The number of aromatic nitrogens is 1. The van der Waals surface area contributed by atoms with Crippen molar-refractivity contribution < 1.29 is 27.5 Å². The first-order valence-corrected chi connectivity index (χ1v) is 9.09. The van der Waals surface area contributed by atoms with Gasteiger partial charge in [-0.2, -0.15) is 13.2 Å². The number of benzene rings is 1. The quantitative estimate of drug-likeness (QED) is 0.826. The van der Waals surface area contributed by atoms with Gasteiger partial charge >= 0.3 is 6.18 Å². The third-order valence-corrected chi connectivity index (χ3v) is 4.65. The summed E-state index contributed by atoms with van der Waals surface area (Å²) in [5, 5.41) is 0. The fraction of sp³-hybridized carbons (Fsp3) is 0.350. The van der Waals surface area contributed by atoms with Gasteiger partial charge in [-0.15, -0.1) is 0 Å². The van der Waals surface area contributed by atoms with E-state index in [-0.39, 0.29) is 24.1 Å². The summed E-state index contributed by atoms with van der Waals surface area (Å²) in [6, 6.07) is 7.65. The average molecular weight is 407 g/mol. The van der Waals surface area contributed by atoms with Gasteiger partial charge in [-0.05, 0) is 36.6 Å². The van der Waals surface area contributed by atoms with E-state index in [0.29, 0.717) is 24.4 Å². The molecule has 0 aliphatic carbocycles. The molecule has 2 N–H and O–H groups in total. The summed E-state index contributed by atoms with van der Waals surface area (Å²) in [7, 11) is 0. The molecule has 0 radical (unpaired) electrons. The van der Waals surface area contributed by atoms with Crippen LogP contribution in [0.25, 0.3) is 0 Å². The van der Waals surface area contributed by atoms with Crippen molar-refractivity contribution in [3.63, 3.8) is 0 Å². The minimum absolute atomic E-state index is 0.0198. The van der Waals surface area contributed by atoms with Gasteiger partial charge < -0.3 is 15.4 Å². The predicted molar refractivity (Wildman–Crippen MR) is 98.1 cm³/mol. The number of carbonyl (C=O) groups excluding carboxylic acids is 2. The lowest BCUT2D eigenvalue weighted by molar-refractivity contribution is -0.137. The van der Waals surface area contributed by atoms with E-state index in [1.807, 2.05) is 0 Å². The number of likely N-dealkylation sites (tertiary alicyclic amines) is 1. The predicted octanol–water partition coefficient (Wildman–Crippen LogP) is 2.81. The monoisotopic (exact) mass is 407 g/mol. The number of carbonyl (C=O) groups is 2. The van der Waals surface area contributed by atoms with E-state index in [4.69, 9.17) is 10.5 Å². The molecule has 6 nitrogen and oxygen atoms in total. The molecule has 2 heterocycles. The molecule has 29 heavy (non-hydrogen) atoms. The van der Waals surface area contributed by atoms with E-state index in [1.54, 1.807) is 11.0 Å². The molecule has 0 saturated carbocycles. The molecule has 1 unspecified atom stereocenters. The molecule has 1 aliphatic rings. The highest BCUT2D eigenvalue weighted by atomic mass is 19.4. The molecule has 1 atom stereocenters. The largest absolute Gasteiger partial charge is 0.488 e. The number of ether oxygens (including phenoxy) is 1. The zero-order chi connectivity index (χ0) is 21.0. The number of alkyl halides is 3. The van der Waals surface area contributed by atoms with Gasteiger partial charge in [-0.3, -0.25) is 14.6 Å². The smallest absolute Gasteiger partial charge is 0.416 e. The molecule has 1 aliphatic heterocycles. The molecule has 1 aromatic heterocycles. The van der Waals surface area contributed by atoms with E-state index in [1.165, 1.54) is 24.4 Å². The van der Waals surface area contributed by atoms with Crippen LogP contribution in [-0.2, 0) is 17.4 Å². The highest BCUT2D eigenvalue weighted by Crippen LogP contribution is 2.29. The zero-order valence-corrected chi connectivity index (χ0v) is 15.5. The number of hydrogen-bond acceptors (Lipinski definition) is 4. The minimum Gasteiger partial charge on any atom is -0.488 e. The zero-order valence-electron chi connectivity index (χ0n) is 15.5. The van der Waals surface area contributed by atoms with Crippen molar-refractivity contribution in [2.24, 2.45) is 5.73 Å². The summed E-state index contributed by atoms with van der Waals surface area (Å²) in [6.45, 7) is 0.913. The van der Waals surface area contributed by atoms with Gasteiger partial charge in [0.1, 0.15) is 17.5 Å². The summed E-state index contributed by atoms with van der Waals surface area (Å²) in [5.41, 5.74) is 5.08. The van der Waals surface area contributed by atoms with Crippen LogP contribution in [0.5, 0.6) is 5.75 Å². The molecule has 0 bridgehead atoms. The molecule has 3 rings (SSSR count). The summed E-state index contributed by atoms with van der Waals surface area (Å²) < 4.78 is 43.8. The Labute approximate surface area is 165 Å². The SMILES string of the molecule is NC(=O)c1cc(OC2CCCN(C(=O)Cc3ccc(C(F)(F)F)cc3)C2)ccn1. The van der Waals surface area contributed by atoms with E-state index in [0.717, 1.165) is 25.0 Å². The Bertz CT molecular complexity index is 885. The molecule has 154 valence electrons. The fourth-order valence-corrected chi connectivity index (χ4v) is 3.17. The van der Waals surface area contributed by atoms with Crippen LogP contribution in [0.4, 0.5) is 13.2 Å². The normalized spacial score (nSPS) is 17.1. The second kappa shape index (κ2) is 8.50. The molecule has 2 aromatic rings. The number of nitrogens with zero attached hydrogens (tertiary/aromatic N) is 2. The van der Waals surface area contributed by atoms with Crippen molar-refractivity contribution >= 4 is 11.8 Å². The number of primary amides is 1. The van der Waals surface area contributed by atoms with Crippen LogP contribution in [0.15, 0.2) is 42.6 Å². The van der Waals surface area contributed by atoms with Crippen LogP contribution in [0.3, 0.4) is 0 Å². The maximum absolute atomic E-state index is 12.6. The van der Waals surface area contributed by atoms with E-state index < -0.39 is 17.6 Å². The van der Waals surface area contributed by atoms with E-state index >= 15 is 0 Å². The number of halogens is 3. The minimum atomic E-state index is -4.40. The highest BCUT2D eigenvalue weighted by Gasteiger charge is 2.30. The molecule has 9 heteroatoms. The van der Waals surface area contributed by atoms with Crippen molar-refractivity contribution in [3.05, 3.63) is 59.4 Å². The number of amides is 2. The summed E-state index contributed by atoms with van der Waals surface area (Å²) in [4.78, 5) is 29.3. The second-order valence-corrected chi connectivity index (χ2v) is 6.83. The Morgan fingerprint density at radius 3 is 2.59 bits per heavy atom. The Balaban J connectivity index is 1.59. The van der Waals surface area contributed by atoms with Crippen LogP contribution in [0.2, 0.25) is 0 Å². The van der Waals surface area contributed by atoms with Crippen LogP contribution in [0.1, 0.15) is 34.5 Å². The molecular formula is C20H20F3N3O3. The first-order chi connectivity index (χ1) is 13.7. The van der Waals surface area contributed by atoms with Crippen molar-refractivity contribution in [2.45, 2.75) is 31.5 Å². The summed E-state index contributed by atoms with van der Waals surface area (Å²) >= 11 is 0. The standard InChI is InChI=1S/C20H20F3N3O3/c21-20(22,23)14-5-3-13(4-6-14)10-18(27)26-9-1-2-16(12-26)29-15-7-8-25-17(11-15)19(24)28/h3-8,11,16H,1-2,9-10,12H2,(H2,24,28). The van der Waals surface area contributed by atoms with Crippen molar-refractivity contribution in [1.29, 1.82) is 0 Å². The van der Waals surface area contributed by atoms with E-state index in [9.17, 15) is 22.8 Å². The van der Waals surface area contributed by atoms with Crippen LogP contribution in [-0.4, -0.2) is 40.9 Å². The highest BCUT2D eigenvalue weighted by molar-refractivity contribution is 5.91. The van der Waals surface area contributed by atoms with Gasteiger partial charge in [-0.25, -0.2) is 0 Å². The van der Waals surface area contributed by atoms with Gasteiger partial charge in [0.15, 0.2) is 0 Å². The van der Waals surface area contributed by atoms with Crippen LogP contribution < -0.4 is 10.5 Å². The number of piperidine rings is 1. The molecule has 2 amide bonds. The maximum Gasteiger partial charge on any atom is 0.416 e. The average Bonchev–Trinajstić information content (AvgIpc) is 2.68. The number of nitrogens with two attached hydrogens (primary N) is 1. The van der Waals surface area contributed by atoms with Gasteiger partial charge in [0.2, 0.25) is 5.91 Å². The third kappa shape index (κ3) is 5.46. The van der Waals surface area contributed by atoms with Crippen LogP contribution >= 0.6 is 0 Å². The lowest BCUT2D eigenvalue weighted by Gasteiger charge is -2.33. The summed E-state index contributed by atoms with van der Waals surface area (Å²) in [6.07, 6.45) is -1.75. The molecule has 1 saturated heterocycles. The van der Waals surface area contributed by atoms with Gasteiger partial charge in [0.25, 0.3) is 5.91 Å². The lowest BCUT2D eigenvalue weighted by atomic mass is 10.0. The second-order valence-electron chi connectivity index (χ2n) is 6.83. The lowest BCUT2D eigenvalue weighted by Crippen LogP contribution is -2.45. The maximum atomic E-state index is 12.6. The fourth-order valence-electron chi connectivity index (χ4n) is 3.17. The van der Waals surface area contributed by atoms with Gasteiger partial charge in [-0.1, -0.05) is 12.1 Å². The third-order valence-electron chi connectivity index (χ3n) is 4.65. The molecule has 1 aromatic carbocycles. The van der Waals surface area contributed by atoms with Crippen LogP contribution in [0, 0.1) is 0 Å². The van der Waals surface area contributed by atoms with Crippen molar-refractivity contribution in [1.82, 2.24) is 9.88 Å². The molecule has 1 fully saturated rings. The number of hydrogen-bond donors (Lipinski definition) is 1. The molecular weight excluding hydrogens is 387 g/mol. The van der Waals surface area contributed by atoms with Crippen molar-refractivity contribution in [3.8, 4) is 5.75 Å². The van der Waals surface area contributed by atoms with Gasteiger partial charge in [0, 0.05) is 18.8 Å². The first-order valence-electron chi connectivity index (χ1n) is 9.09. The van der Waals surface area contributed by atoms with Gasteiger partial charge in [0.05, 0.1) is 18.5 Å². The van der Waals surface area contributed by atoms with E-state index in [2.05, 4.69) is 4.98 Å². The Kier molecular flexibility index (Phi) is 6.05. The number of rotatable bonds is 5.